The molecule has 1 aromatic carbocycles. The smallest absolute Gasteiger partial charge is 0.262 e. The van der Waals surface area contributed by atoms with Crippen LogP contribution < -0.4 is 10.9 Å². The zero-order valence-corrected chi connectivity index (χ0v) is 18.4. The van der Waals surface area contributed by atoms with Crippen molar-refractivity contribution < 1.29 is 4.79 Å². The molecule has 0 bridgehead atoms. The van der Waals surface area contributed by atoms with Crippen LogP contribution in [0.4, 0.5) is 0 Å². The Bertz CT molecular complexity index is 992. The molecule has 8 heteroatoms. The first-order valence-corrected chi connectivity index (χ1v) is 11.2. The number of carbonyl (C=O) groups excluding carboxylic acids is 1. The number of aromatic nitrogens is 2. The van der Waals surface area contributed by atoms with Crippen molar-refractivity contribution >= 4 is 44.5 Å². The first kappa shape index (κ1) is 20.9. The van der Waals surface area contributed by atoms with Crippen molar-refractivity contribution in [1.29, 1.82) is 5.26 Å². The topological polar surface area (TPSA) is 87.8 Å². The first-order valence-electron chi connectivity index (χ1n) is 9.49. The van der Waals surface area contributed by atoms with Crippen LogP contribution in [0.2, 0.25) is 0 Å². The number of halogens is 1. The molecule has 6 nitrogen and oxygen atoms in total. The normalized spacial score (nSPS) is 17.1. The van der Waals surface area contributed by atoms with E-state index in [0.29, 0.717) is 35.4 Å². The summed E-state index contributed by atoms with van der Waals surface area (Å²) in [5, 5.41) is 13.1. The quantitative estimate of drug-likeness (QED) is 0.535. The summed E-state index contributed by atoms with van der Waals surface area (Å²) in [5.74, 6) is -0.193. The highest BCUT2D eigenvalue weighted by Gasteiger charge is 2.35. The number of thioether (sulfide) groups is 1. The van der Waals surface area contributed by atoms with Crippen LogP contribution in [0.1, 0.15) is 46.0 Å². The van der Waals surface area contributed by atoms with Crippen molar-refractivity contribution in [2.75, 3.05) is 0 Å². The summed E-state index contributed by atoms with van der Waals surface area (Å²) in [6.45, 7) is 4.13. The molecule has 2 aromatic rings. The Balaban J connectivity index is 1.85. The Hall–Kier alpha value is -1.85. The number of fused-ring (bicyclic) bond motifs is 1. The summed E-state index contributed by atoms with van der Waals surface area (Å²) in [4.78, 5) is 30.2. The molecule has 1 saturated carbocycles. The van der Waals surface area contributed by atoms with Crippen molar-refractivity contribution in [2.24, 2.45) is 0 Å². The van der Waals surface area contributed by atoms with Gasteiger partial charge in [-0.1, -0.05) is 47.0 Å². The van der Waals surface area contributed by atoms with Crippen LogP contribution in [0.25, 0.3) is 10.9 Å². The third-order valence-corrected chi connectivity index (χ3v) is 6.72. The van der Waals surface area contributed by atoms with E-state index in [0.717, 1.165) is 23.7 Å². The maximum absolute atomic E-state index is 12.8. The molecule has 0 saturated heterocycles. The SMILES string of the molecule is CCn1c(SC(C)C(=O)NC2(C#N)CCCCC2)nc2ccc(Br)cc2c1=O. The van der Waals surface area contributed by atoms with Gasteiger partial charge >= 0.3 is 0 Å². The van der Waals surface area contributed by atoms with Gasteiger partial charge in [-0.05, 0) is 44.9 Å². The average Bonchev–Trinajstić information content (AvgIpc) is 2.69. The number of amides is 1. The van der Waals surface area contributed by atoms with Gasteiger partial charge in [0.1, 0.15) is 5.54 Å². The predicted molar refractivity (Wildman–Crippen MR) is 114 cm³/mol. The molecule has 0 radical (unpaired) electrons. The lowest BCUT2D eigenvalue weighted by atomic mass is 9.83. The Morgan fingerprint density at radius 1 is 1.43 bits per heavy atom. The molecule has 1 amide bonds. The summed E-state index contributed by atoms with van der Waals surface area (Å²) in [6.07, 6.45) is 4.38. The van der Waals surface area contributed by atoms with E-state index in [1.807, 2.05) is 13.0 Å². The maximum Gasteiger partial charge on any atom is 0.262 e. The van der Waals surface area contributed by atoms with E-state index < -0.39 is 10.8 Å². The van der Waals surface area contributed by atoms with Gasteiger partial charge in [-0.15, -0.1) is 0 Å². The average molecular weight is 463 g/mol. The van der Waals surface area contributed by atoms with Crippen LogP contribution in [-0.2, 0) is 11.3 Å². The lowest BCUT2D eigenvalue weighted by Crippen LogP contribution is -2.51. The second-order valence-electron chi connectivity index (χ2n) is 7.11. The summed E-state index contributed by atoms with van der Waals surface area (Å²) in [7, 11) is 0. The van der Waals surface area contributed by atoms with Crippen LogP contribution in [0.5, 0.6) is 0 Å². The summed E-state index contributed by atoms with van der Waals surface area (Å²) >= 11 is 4.64. The Morgan fingerprint density at radius 3 is 2.79 bits per heavy atom. The fourth-order valence-electron chi connectivity index (χ4n) is 3.51. The standard InChI is InChI=1S/C20H23BrN4O2S/c1-3-25-18(27)15-11-14(21)7-8-16(15)23-19(25)28-13(2)17(26)24-20(12-22)9-5-4-6-10-20/h7-8,11,13H,3-6,9-10H2,1-2H3,(H,24,26). The number of benzene rings is 1. The molecular weight excluding hydrogens is 440 g/mol. The number of nitrogens with zero attached hydrogens (tertiary/aromatic N) is 3. The van der Waals surface area contributed by atoms with Crippen molar-refractivity contribution in [3.05, 3.63) is 33.0 Å². The molecule has 1 aliphatic carbocycles. The van der Waals surface area contributed by atoms with Gasteiger partial charge in [0, 0.05) is 11.0 Å². The molecule has 1 heterocycles. The molecular formula is C20H23BrN4O2S. The van der Waals surface area contributed by atoms with Gasteiger partial charge in [-0.2, -0.15) is 5.26 Å². The van der Waals surface area contributed by atoms with Gasteiger partial charge in [0.05, 0.1) is 22.2 Å². The Morgan fingerprint density at radius 2 is 2.14 bits per heavy atom. The van der Waals surface area contributed by atoms with Crippen LogP contribution in [0.15, 0.2) is 32.6 Å². The van der Waals surface area contributed by atoms with Crippen molar-refractivity contribution in [3.63, 3.8) is 0 Å². The molecule has 1 fully saturated rings. The zero-order chi connectivity index (χ0) is 20.3. The minimum absolute atomic E-state index is 0.121. The van der Waals surface area contributed by atoms with Gasteiger partial charge in [-0.25, -0.2) is 4.98 Å². The van der Waals surface area contributed by atoms with Crippen molar-refractivity contribution in [3.8, 4) is 6.07 Å². The second kappa shape index (κ2) is 8.66. The van der Waals surface area contributed by atoms with E-state index in [1.54, 1.807) is 23.6 Å². The van der Waals surface area contributed by atoms with Crippen LogP contribution >= 0.6 is 27.7 Å². The maximum atomic E-state index is 12.8. The third kappa shape index (κ3) is 4.26. The minimum Gasteiger partial charge on any atom is -0.337 e. The van der Waals surface area contributed by atoms with Crippen LogP contribution in [0, 0.1) is 11.3 Å². The van der Waals surface area contributed by atoms with Crippen molar-refractivity contribution in [1.82, 2.24) is 14.9 Å². The molecule has 3 rings (SSSR count). The van der Waals surface area contributed by atoms with E-state index in [2.05, 4.69) is 32.3 Å². The third-order valence-electron chi connectivity index (χ3n) is 5.13. The summed E-state index contributed by atoms with van der Waals surface area (Å²) in [6, 6.07) is 7.71. The van der Waals surface area contributed by atoms with Crippen molar-refractivity contribution in [2.45, 2.75) is 68.4 Å². The molecule has 1 atom stereocenters. The highest BCUT2D eigenvalue weighted by molar-refractivity contribution is 9.10. The lowest BCUT2D eigenvalue weighted by Gasteiger charge is -2.32. The molecule has 1 N–H and O–H groups in total. The molecule has 1 aliphatic rings. The van der Waals surface area contributed by atoms with Crippen LogP contribution in [-0.4, -0.2) is 26.2 Å². The summed E-state index contributed by atoms with van der Waals surface area (Å²) in [5.41, 5.74) is -0.282. The number of rotatable bonds is 5. The number of nitriles is 1. The van der Waals surface area contributed by atoms with E-state index >= 15 is 0 Å². The monoisotopic (exact) mass is 462 g/mol. The van der Waals surface area contributed by atoms with E-state index in [9.17, 15) is 14.9 Å². The summed E-state index contributed by atoms with van der Waals surface area (Å²) < 4.78 is 2.41. The predicted octanol–water partition coefficient (Wildman–Crippen LogP) is 4.00. The van der Waals surface area contributed by atoms with E-state index in [-0.39, 0.29) is 11.5 Å². The van der Waals surface area contributed by atoms with Gasteiger partial charge in [0.2, 0.25) is 5.91 Å². The second-order valence-corrected chi connectivity index (χ2v) is 9.33. The molecule has 0 spiro atoms. The van der Waals surface area contributed by atoms with Gasteiger partial charge < -0.3 is 5.32 Å². The Labute approximate surface area is 176 Å². The van der Waals surface area contributed by atoms with Gasteiger partial charge in [0.15, 0.2) is 5.16 Å². The molecule has 28 heavy (non-hydrogen) atoms. The zero-order valence-electron chi connectivity index (χ0n) is 16.0. The highest BCUT2D eigenvalue weighted by Crippen LogP contribution is 2.29. The molecule has 148 valence electrons. The Kier molecular flexibility index (Phi) is 6.46. The molecule has 0 aliphatic heterocycles. The minimum atomic E-state index is -0.766. The van der Waals surface area contributed by atoms with Gasteiger partial charge in [-0.3, -0.25) is 14.2 Å². The van der Waals surface area contributed by atoms with Gasteiger partial charge in [0.25, 0.3) is 5.56 Å². The number of hydrogen-bond acceptors (Lipinski definition) is 5. The molecule has 1 aromatic heterocycles. The fraction of sp³-hybridized carbons (Fsp3) is 0.500. The largest absolute Gasteiger partial charge is 0.337 e. The number of nitrogens with one attached hydrogen (secondary N) is 1. The van der Waals surface area contributed by atoms with Crippen LogP contribution in [0.3, 0.4) is 0 Å². The first-order chi connectivity index (χ1) is 13.4. The van der Waals surface area contributed by atoms with E-state index in [4.69, 9.17) is 0 Å². The highest BCUT2D eigenvalue weighted by atomic mass is 79.9. The number of carbonyl (C=O) groups is 1. The fourth-order valence-corrected chi connectivity index (χ4v) is 4.84. The van der Waals surface area contributed by atoms with E-state index in [1.165, 1.54) is 11.8 Å². The lowest BCUT2D eigenvalue weighted by molar-refractivity contribution is -0.121. The molecule has 1 unspecified atom stereocenters. The number of hydrogen-bond donors (Lipinski definition) is 1.